The molecule has 0 aliphatic heterocycles. The molecule has 6 heteroatoms. The maximum absolute atomic E-state index is 11.8. The number of ether oxygens (including phenoxy) is 1. The molecular formula is C19H27N3O3. The first kappa shape index (κ1) is 19.0. The number of carbonyl (C=O) groups excluding carboxylic acids is 2. The molecule has 0 atom stereocenters. The van der Waals surface area contributed by atoms with Gasteiger partial charge >= 0.3 is 0 Å². The van der Waals surface area contributed by atoms with Crippen molar-refractivity contribution in [2.45, 2.75) is 64.5 Å². The van der Waals surface area contributed by atoms with Crippen LogP contribution in [0.15, 0.2) is 29.4 Å². The van der Waals surface area contributed by atoms with Gasteiger partial charge in [-0.25, -0.2) is 5.43 Å². The molecule has 1 aliphatic rings. The molecule has 1 aliphatic carbocycles. The summed E-state index contributed by atoms with van der Waals surface area (Å²) in [6, 6.07) is 7.61. The van der Waals surface area contributed by atoms with Gasteiger partial charge in [-0.2, -0.15) is 5.10 Å². The van der Waals surface area contributed by atoms with E-state index >= 15 is 0 Å². The second-order valence-corrected chi connectivity index (χ2v) is 6.61. The lowest BCUT2D eigenvalue weighted by Crippen LogP contribution is -2.38. The van der Waals surface area contributed by atoms with Crippen LogP contribution < -0.4 is 15.5 Å². The van der Waals surface area contributed by atoms with Crippen molar-refractivity contribution in [1.29, 1.82) is 0 Å². The van der Waals surface area contributed by atoms with Crippen molar-refractivity contribution in [3.63, 3.8) is 0 Å². The van der Waals surface area contributed by atoms with Crippen LogP contribution in [0.25, 0.3) is 0 Å². The lowest BCUT2D eigenvalue weighted by atomic mass is 9.95. The van der Waals surface area contributed by atoms with Crippen LogP contribution in [0.2, 0.25) is 0 Å². The molecule has 0 heterocycles. The van der Waals surface area contributed by atoms with E-state index in [0.717, 1.165) is 37.0 Å². The molecule has 0 aromatic heterocycles. The number of benzene rings is 1. The third-order valence-electron chi connectivity index (χ3n) is 3.95. The van der Waals surface area contributed by atoms with Gasteiger partial charge in [-0.05, 0) is 56.5 Å². The van der Waals surface area contributed by atoms with Crippen molar-refractivity contribution >= 4 is 18.0 Å². The maximum atomic E-state index is 11.8. The summed E-state index contributed by atoms with van der Waals surface area (Å²) < 4.78 is 5.56. The fraction of sp³-hybridized carbons (Fsp3) is 0.526. The van der Waals surface area contributed by atoms with Crippen molar-refractivity contribution in [2.75, 3.05) is 0 Å². The number of hydrogen-bond acceptors (Lipinski definition) is 4. The van der Waals surface area contributed by atoms with Crippen molar-refractivity contribution in [2.24, 2.45) is 5.10 Å². The van der Waals surface area contributed by atoms with Crippen LogP contribution in [0.4, 0.5) is 0 Å². The average molecular weight is 345 g/mol. The third-order valence-corrected chi connectivity index (χ3v) is 3.95. The van der Waals surface area contributed by atoms with E-state index in [1.54, 1.807) is 0 Å². The molecule has 1 aromatic rings. The zero-order valence-corrected chi connectivity index (χ0v) is 15.0. The number of carbonyl (C=O) groups is 2. The number of amides is 2. The SMILES string of the molecule is CC(C)Oc1ccc(/C=N\NC(=O)CC(=O)NC2CCCCC2)cc1. The summed E-state index contributed by atoms with van der Waals surface area (Å²) in [4.78, 5) is 23.6. The maximum Gasteiger partial charge on any atom is 0.249 e. The summed E-state index contributed by atoms with van der Waals surface area (Å²) in [5.74, 6) is 0.134. The molecule has 0 bridgehead atoms. The third kappa shape index (κ3) is 7.37. The fourth-order valence-corrected chi connectivity index (χ4v) is 2.79. The molecule has 0 spiro atoms. The molecule has 6 nitrogen and oxygen atoms in total. The molecule has 2 amide bonds. The number of rotatable bonds is 7. The van der Waals surface area contributed by atoms with Gasteiger partial charge in [0.1, 0.15) is 12.2 Å². The minimum absolute atomic E-state index is 0.124. The van der Waals surface area contributed by atoms with Crippen LogP contribution in [0.3, 0.4) is 0 Å². The van der Waals surface area contributed by atoms with Crippen LogP contribution in [-0.2, 0) is 9.59 Å². The lowest BCUT2D eigenvalue weighted by molar-refractivity contribution is -0.129. The number of hydrogen-bond donors (Lipinski definition) is 2. The Bertz CT molecular complexity index is 590. The summed E-state index contributed by atoms with van der Waals surface area (Å²) in [6.07, 6.45) is 6.98. The molecule has 2 rings (SSSR count). The monoisotopic (exact) mass is 345 g/mol. The molecule has 1 fully saturated rings. The van der Waals surface area contributed by atoms with Crippen molar-refractivity contribution in [3.05, 3.63) is 29.8 Å². The van der Waals surface area contributed by atoms with Crippen LogP contribution in [-0.4, -0.2) is 30.2 Å². The quantitative estimate of drug-likeness (QED) is 0.453. The smallest absolute Gasteiger partial charge is 0.249 e. The molecule has 1 saturated carbocycles. The normalized spacial score (nSPS) is 15.3. The largest absolute Gasteiger partial charge is 0.491 e. The fourth-order valence-electron chi connectivity index (χ4n) is 2.79. The van der Waals surface area contributed by atoms with E-state index in [1.165, 1.54) is 12.6 Å². The molecule has 2 N–H and O–H groups in total. The molecular weight excluding hydrogens is 318 g/mol. The molecule has 136 valence electrons. The zero-order valence-electron chi connectivity index (χ0n) is 15.0. The molecule has 0 unspecified atom stereocenters. The predicted molar refractivity (Wildman–Crippen MR) is 97.6 cm³/mol. The highest BCUT2D eigenvalue weighted by Gasteiger charge is 2.17. The first-order valence-electron chi connectivity index (χ1n) is 8.91. The van der Waals surface area contributed by atoms with E-state index in [0.29, 0.717) is 0 Å². The highest BCUT2D eigenvalue weighted by Crippen LogP contribution is 2.17. The summed E-state index contributed by atoms with van der Waals surface area (Å²) in [5, 5.41) is 6.80. The topological polar surface area (TPSA) is 79.8 Å². The summed E-state index contributed by atoms with van der Waals surface area (Å²) in [6.45, 7) is 3.94. The highest BCUT2D eigenvalue weighted by molar-refractivity contribution is 5.97. The Balaban J connectivity index is 1.71. The van der Waals surface area contributed by atoms with Gasteiger partial charge in [0, 0.05) is 6.04 Å². The summed E-state index contributed by atoms with van der Waals surface area (Å²) in [7, 11) is 0. The van der Waals surface area contributed by atoms with Gasteiger partial charge in [-0.15, -0.1) is 0 Å². The first-order valence-corrected chi connectivity index (χ1v) is 8.91. The highest BCUT2D eigenvalue weighted by atomic mass is 16.5. The Morgan fingerprint density at radius 3 is 2.48 bits per heavy atom. The Hall–Kier alpha value is -2.37. The first-order chi connectivity index (χ1) is 12.0. The minimum Gasteiger partial charge on any atom is -0.491 e. The van der Waals surface area contributed by atoms with Crippen LogP contribution in [0, 0.1) is 0 Å². The zero-order chi connectivity index (χ0) is 18.1. The minimum atomic E-state index is -0.413. The van der Waals surface area contributed by atoms with Gasteiger partial charge in [0.05, 0.1) is 12.3 Å². The van der Waals surface area contributed by atoms with Gasteiger partial charge < -0.3 is 10.1 Å². The summed E-state index contributed by atoms with van der Waals surface area (Å²) >= 11 is 0. The lowest BCUT2D eigenvalue weighted by Gasteiger charge is -2.22. The molecule has 0 radical (unpaired) electrons. The van der Waals surface area contributed by atoms with Gasteiger partial charge in [-0.1, -0.05) is 19.3 Å². The molecule has 1 aromatic carbocycles. The van der Waals surface area contributed by atoms with Crippen molar-refractivity contribution < 1.29 is 14.3 Å². The Morgan fingerprint density at radius 1 is 1.16 bits per heavy atom. The van der Waals surface area contributed by atoms with Crippen molar-refractivity contribution in [1.82, 2.24) is 10.7 Å². The predicted octanol–water partition coefficient (Wildman–Crippen LogP) is 2.76. The number of nitrogens with one attached hydrogen (secondary N) is 2. The average Bonchev–Trinajstić information content (AvgIpc) is 2.56. The summed E-state index contributed by atoms with van der Waals surface area (Å²) in [5.41, 5.74) is 3.22. The van der Waals surface area contributed by atoms with E-state index in [-0.39, 0.29) is 24.5 Å². The van der Waals surface area contributed by atoms with Gasteiger partial charge in [0.15, 0.2) is 0 Å². The van der Waals surface area contributed by atoms with Crippen LogP contribution in [0.5, 0.6) is 5.75 Å². The Labute approximate surface area is 149 Å². The van der Waals surface area contributed by atoms with E-state index in [9.17, 15) is 9.59 Å². The van der Waals surface area contributed by atoms with Gasteiger partial charge in [0.25, 0.3) is 0 Å². The number of nitrogens with zero attached hydrogens (tertiary/aromatic N) is 1. The second kappa shape index (κ2) is 9.81. The molecule has 0 saturated heterocycles. The van der Waals surface area contributed by atoms with E-state index in [4.69, 9.17) is 4.74 Å². The Morgan fingerprint density at radius 2 is 1.84 bits per heavy atom. The second-order valence-electron chi connectivity index (χ2n) is 6.61. The van der Waals surface area contributed by atoms with E-state index < -0.39 is 5.91 Å². The standard InChI is InChI=1S/C19H27N3O3/c1-14(2)25-17-10-8-15(9-11-17)13-20-22-19(24)12-18(23)21-16-6-4-3-5-7-16/h8-11,13-14,16H,3-7,12H2,1-2H3,(H,21,23)(H,22,24)/b20-13-. The molecule has 25 heavy (non-hydrogen) atoms. The van der Waals surface area contributed by atoms with Crippen LogP contribution in [0.1, 0.15) is 57.9 Å². The van der Waals surface area contributed by atoms with E-state index in [1.807, 2.05) is 38.1 Å². The van der Waals surface area contributed by atoms with Gasteiger partial charge in [0.2, 0.25) is 11.8 Å². The van der Waals surface area contributed by atoms with Gasteiger partial charge in [-0.3, -0.25) is 9.59 Å². The number of hydrazone groups is 1. The van der Waals surface area contributed by atoms with E-state index in [2.05, 4.69) is 15.8 Å². The van der Waals surface area contributed by atoms with Crippen molar-refractivity contribution in [3.8, 4) is 5.75 Å². The van der Waals surface area contributed by atoms with Crippen LogP contribution >= 0.6 is 0 Å². The Kier molecular flexibility index (Phi) is 7.44.